The van der Waals surface area contributed by atoms with Crippen LogP contribution in [0.3, 0.4) is 0 Å². The smallest absolute Gasteiger partial charge is 0.453 e. The number of carboxylic acid groups (broad SMARTS) is 2. The Kier molecular flexibility index (Phi) is 20.1. The molecule has 0 aromatic carbocycles. The molecule has 0 aliphatic carbocycles. The van der Waals surface area contributed by atoms with Gasteiger partial charge in [-0.25, -0.2) is 0 Å². The van der Waals surface area contributed by atoms with Crippen LogP contribution >= 0.6 is 0 Å². The first-order valence-corrected chi connectivity index (χ1v) is 13.6. The molecule has 0 fully saturated rings. The monoisotopic (exact) mass is 702 g/mol. The van der Waals surface area contributed by atoms with Crippen LogP contribution in [0.5, 0.6) is 0 Å². The number of Topliss-reactive ketones (excluding diaryl/α,β-unsaturated/α-hetero) is 2. The van der Waals surface area contributed by atoms with Gasteiger partial charge in [-0.05, 0) is 12.8 Å². The van der Waals surface area contributed by atoms with Crippen molar-refractivity contribution in [3.05, 3.63) is 0 Å². The van der Waals surface area contributed by atoms with Gasteiger partial charge in [-0.1, -0.05) is 13.8 Å². The van der Waals surface area contributed by atoms with Crippen LogP contribution in [0.1, 0.15) is 67.2 Å². The molecule has 240 valence electrons. The minimum atomic E-state index is -5.87. The van der Waals surface area contributed by atoms with Crippen molar-refractivity contribution in [3.63, 3.8) is 0 Å². The first kappa shape index (κ1) is 43.8. The van der Waals surface area contributed by atoms with Crippen LogP contribution in [0, 0.1) is 11.8 Å². The van der Waals surface area contributed by atoms with Gasteiger partial charge in [0.2, 0.25) is 0 Å². The van der Waals surface area contributed by atoms with Crippen LogP contribution in [-0.4, -0.2) is 59.9 Å². The van der Waals surface area contributed by atoms with Gasteiger partial charge in [0.25, 0.3) is 0 Å². The number of carbonyl (C=O) groups is 4. The van der Waals surface area contributed by atoms with Gasteiger partial charge in [-0.3, -0.25) is 9.59 Å². The summed E-state index contributed by atoms with van der Waals surface area (Å²) >= 11 is -0.929. The van der Waals surface area contributed by atoms with E-state index in [1.165, 1.54) is 13.8 Å². The summed E-state index contributed by atoms with van der Waals surface area (Å²) in [5.74, 6) is -21.6. The van der Waals surface area contributed by atoms with Crippen molar-refractivity contribution in [1.29, 1.82) is 0 Å². The number of halogens is 10. The van der Waals surface area contributed by atoms with Crippen molar-refractivity contribution in [2.24, 2.45) is 11.8 Å². The van der Waals surface area contributed by atoms with E-state index in [0.717, 1.165) is 0 Å². The van der Waals surface area contributed by atoms with Gasteiger partial charge in [0.15, 0.2) is 0 Å². The Hall–Kier alpha value is -1.62. The number of aliphatic carboxylic acids is 2. The second-order valence-corrected chi connectivity index (χ2v) is 10.2. The number of rotatable bonds is 14. The summed E-state index contributed by atoms with van der Waals surface area (Å²) in [4.78, 5) is 42.3. The molecule has 0 aliphatic heterocycles. The molecule has 0 aromatic heterocycles. The first-order valence-electron chi connectivity index (χ1n) is 11.6. The van der Waals surface area contributed by atoms with Crippen LogP contribution in [-0.2, 0) is 48.9 Å². The molecule has 0 aromatic rings. The van der Waals surface area contributed by atoms with E-state index in [-0.39, 0.29) is 0 Å². The van der Waals surface area contributed by atoms with Gasteiger partial charge in [0, 0.05) is 0 Å². The Morgan fingerprint density at radius 1 is 0.610 bits per heavy atom. The summed E-state index contributed by atoms with van der Waals surface area (Å²) < 4.78 is 130. The predicted octanol–water partition coefficient (Wildman–Crippen LogP) is 3.59. The summed E-state index contributed by atoms with van der Waals surface area (Å²) in [5, 5.41) is 20.5. The van der Waals surface area contributed by atoms with E-state index in [9.17, 15) is 73.3 Å². The molecule has 0 saturated carbocycles. The number of ketones is 2. The van der Waals surface area contributed by atoms with Crippen LogP contribution in [0.15, 0.2) is 0 Å². The standard InChI is InChI=1S/2C8H9F5O3.2C3H7O.Zr/c2*1-2-4(6(15)16)5(14)3-7(9,10)8(11,12)13;2*1-3(2)4;/h2*4H,2-3H2,1H3,(H,15,16);2*3H,1-2H3;/q;;2*-1;+4/p-2. The van der Waals surface area contributed by atoms with Gasteiger partial charge in [-0.15, -0.1) is 0 Å². The number of hydrogen-bond acceptors (Lipinski definition) is 8. The molecule has 0 rings (SSSR count). The molecule has 0 saturated heterocycles. The zero-order valence-electron chi connectivity index (χ0n) is 22.7. The van der Waals surface area contributed by atoms with E-state index < -0.39 is 109 Å². The molecule has 19 heteroatoms. The Bertz CT molecular complexity index is 764. The number of carboxylic acids is 2. The van der Waals surface area contributed by atoms with Crippen molar-refractivity contribution >= 4 is 23.5 Å². The third-order valence-electron chi connectivity index (χ3n) is 4.35. The van der Waals surface area contributed by atoms with E-state index in [1.54, 1.807) is 0 Å². The number of alkyl halides is 10. The summed E-state index contributed by atoms with van der Waals surface area (Å²) in [7, 11) is 0. The van der Waals surface area contributed by atoms with Crippen LogP contribution in [0.4, 0.5) is 43.9 Å². The second-order valence-electron chi connectivity index (χ2n) is 8.67. The molecule has 0 amide bonds. The number of hydrogen-bond donors (Lipinski definition) is 0. The predicted molar refractivity (Wildman–Crippen MR) is 111 cm³/mol. The maximum atomic E-state index is 12.4. The van der Waals surface area contributed by atoms with Crippen LogP contribution in [0.2, 0.25) is 0 Å². The van der Waals surface area contributed by atoms with Crippen molar-refractivity contribution in [3.8, 4) is 0 Å². The fourth-order valence-corrected chi connectivity index (χ4v) is 3.24. The molecule has 0 aliphatic rings. The molecule has 8 nitrogen and oxygen atoms in total. The van der Waals surface area contributed by atoms with Crippen molar-refractivity contribution < 1.29 is 103 Å². The Morgan fingerprint density at radius 3 is 1.00 bits per heavy atom. The Balaban J connectivity index is -0.000000551. The van der Waals surface area contributed by atoms with Gasteiger partial charge in [0.05, 0.1) is 36.6 Å². The van der Waals surface area contributed by atoms with E-state index in [0.29, 0.717) is 12.2 Å². The SMILES string of the molecule is CC(C)[O][Zr+2][O]C(C)C.CCC(C(=O)[O-])C(=O)CC(F)(F)C(F)(F)F.CCC(C(=O)[O-])C(=O)CC(F)(F)C(F)(F)F. The fraction of sp³-hybridized carbons (Fsp3) is 0.818. The zero-order chi connectivity index (χ0) is 33.6. The Morgan fingerprint density at radius 2 is 0.854 bits per heavy atom. The molecule has 2 atom stereocenters. The molecule has 0 heterocycles. The summed E-state index contributed by atoms with van der Waals surface area (Å²) in [5.41, 5.74) is 0. The molecule has 0 bridgehead atoms. The minimum absolute atomic E-state index is 0.343. The molecule has 41 heavy (non-hydrogen) atoms. The molecule has 0 spiro atoms. The molecule has 0 radical (unpaired) electrons. The third-order valence-corrected chi connectivity index (χ3v) is 7.14. The van der Waals surface area contributed by atoms with Crippen LogP contribution in [0.25, 0.3) is 0 Å². The van der Waals surface area contributed by atoms with E-state index >= 15 is 0 Å². The first-order chi connectivity index (χ1) is 18.2. The summed E-state index contributed by atoms with van der Waals surface area (Å²) in [6.07, 6.45) is -16.2. The molecule has 0 N–H and O–H groups in total. The normalized spacial score (nSPS) is 13.7. The quantitative estimate of drug-likeness (QED) is 0.198. The average molecular weight is 704 g/mol. The fourth-order valence-electron chi connectivity index (χ4n) is 2.16. The minimum Gasteiger partial charge on any atom is -0.549 e. The molecular formula is C22H30F10O8Zr. The third kappa shape index (κ3) is 18.5. The Labute approximate surface area is 241 Å². The van der Waals surface area contributed by atoms with E-state index in [1.807, 2.05) is 27.7 Å². The average Bonchev–Trinajstić information content (AvgIpc) is 2.72. The van der Waals surface area contributed by atoms with Crippen LogP contribution < -0.4 is 10.2 Å². The van der Waals surface area contributed by atoms with Gasteiger partial charge >= 0.3 is 93.8 Å². The van der Waals surface area contributed by atoms with Crippen molar-refractivity contribution in [1.82, 2.24) is 0 Å². The number of carbonyl (C=O) groups excluding carboxylic acids is 4. The maximum absolute atomic E-state index is 12.4. The zero-order valence-corrected chi connectivity index (χ0v) is 25.1. The van der Waals surface area contributed by atoms with Gasteiger partial charge in [-0.2, -0.15) is 43.9 Å². The van der Waals surface area contributed by atoms with E-state index in [4.69, 9.17) is 5.63 Å². The largest absolute Gasteiger partial charge is 0.549 e. The summed E-state index contributed by atoms with van der Waals surface area (Å²) in [6.45, 7) is 10.5. The van der Waals surface area contributed by atoms with Crippen molar-refractivity contribution in [2.75, 3.05) is 0 Å². The summed E-state index contributed by atoms with van der Waals surface area (Å²) in [6, 6.07) is 0. The van der Waals surface area contributed by atoms with Crippen molar-refractivity contribution in [2.45, 2.75) is 104 Å². The topological polar surface area (TPSA) is 133 Å². The van der Waals surface area contributed by atoms with Gasteiger partial charge in [0.1, 0.15) is 11.6 Å². The maximum Gasteiger partial charge on any atom is 0.453 e. The van der Waals surface area contributed by atoms with Gasteiger partial charge < -0.3 is 19.8 Å². The molecular weight excluding hydrogens is 673 g/mol. The van der Waals surface area contributed by atoms with E-state index in [2.05, 4.69) is 0 Å². The second kappa shape index (κ2) is 18.8. The molecule has 2 unspecified atom stereocenters.